The average Bonchev–Trinajstić information content (AvgIpc) is 3.41. The van der Waals surface area contributed by atoms with Gasteiger partial charge in [0.25, 0.3) is 5.91 Å². The molecule has 1 amide bonds. The van der Waals surface area contributed by atoms with E-state index in [0.29, 0.717) is 18.0 Å². The highest BCUT2D eigenvalue weighted by molar-refractivity contribution is 6.43. The van der Waals surface area contributed by atoms with Crippen molar-refractivity contribution < 1.29 is 19.1 Å². The van der Waals surface area contributed by atoms with Gasteiger partial charge in [0, 0.05) is 25.6 Å². The second-order valence-corrected chi connectivity index (χ2v) is 9.41. The molecule has 0 spiro atoms. The van der Waals surface area contributed by atoms with Crippen LogP contribution >= 0.6 is 0 Å². The quantitative estimate of drug-likeness (QED) is 0.352. The Bertz CT molecular complexity index is 1290. The van der Waals surface area contributed by atoms with Crippen LogP contribution in [0.1, 0.15) is 29.5 Å². The van der Waals surface area contributed by atoms with Gasteiger partial charge in [0.05, 0.1) is 13.2 Å². The van der Waals surface area contributed by atoms with Gasteiger partial charge in [0.1, 0.15) is 18.2 Å². The van der Waals surface area contributed by atoms with Crippen molar-refractivity contribution in [1.29, 1.82) is 0 Å². The maximum atomic E-state index is 12.9. The lowest BCUT2D eigenvalue weighted by atomic mass is 10.0. The van der Waals surface area contributed by atoms with Crippen LogP contribution < -0.4 is 15.4 Å². The van der Waals surface area contributed by atoms with E-state index in [4.69, 9.17) is 15.2 Å². The molecule has 0 saturated carbocycles. The van der Waals surface area contributed by atoms with E-state index in [2.05, 4.69) is 39.1 Å². The summed E-state index contributed by atoms with van der Waals surface area (Å²) in [5.74, 6) is -0.718. The highest BCUT2D eigenvalue weighted by Gasteiger charge is 2.35. The molecule has 1 saturated heterocycles. The third-order valence-electron chi connectivity index (χ3n) is 6.75. The Labute approximate surface area is 216 Å². The molecule has 2 aliphatic rings. The van der Waals surface area contributed by atoms with Gasteiger partial charge in [-0.05, 0) is 54.3 Å². The predicted octanol–water partition coefficient (Wildman–Crippen LogP) is 3.01. The Balaban J connectivity index is 1.35. The summed E-state index contributed by atoms with van der Waals surface area (Å²) >= 11 is 0. The molecule has 0 unspecified atom stereocenters. The average molecular weight is 502 g/mol. The van der Waals surface area contributed by atoms with Crippen LogP contribution in [0.5, 0.6) is 6.01 Å². The lowest BCUT2D eigenvalue weighted by Crippen LogP contribution is -2.42. The van der Waals surface area contributed by atoms with Gasteiger partial charge in [-0.25, -0.2) is 0 Å². The Kier molecular flexibility index (Phi) is 7.43. The molecule has 1 fully saturated rings. The number of anilines is 2. The van der Waals surface area contributed by atoms with E-state index in [1.54, 1.807) is 7.11 Å². The van der Waals surface area contributed by atoms with Crippen LogP contribution in [-0.2, 0) is 33.8 Å². The van der Waals surface area contributed by atoms with Crippen molar-refractivity contribution in [2.24, 2.45) is 0 Å². The number of methoxy groups -OCH3 is 1. The Morgan fingerprint density at radius 3 is 2.46 bits per heavy atom. The molecule has 3 heterocycles. The van der Waals surface area contributed by atoms with Crippen molar-refractivity contribution >= 4 is 23.3 Å². The summed E-state index contributed by atoms with van der Waals surface area (Å²) in [6, 6.07) is 16.7. The van der Waals surface area contributed by atoms with Crippen molar-refractivity contribution in [3.63, 3.8) is 0 Å². The number of carbonyl (C=O) groups excluding carboxylic acids is 2. The summed E-state index contributed by atoms with van der Waals surface area (Å²) in [6.45, 7) is 4.07. The first-order valence-corrected chi connectivity index (χ1v) is 12.6. The van der Waals surface area contributed by atoms with Crippen molar-refractivity contribution in [3.8, 4) is 17.1 Å². The van der Waals surface area contributed by atoms with Gasteiger partial charge in [0.2, 0.25) is 5.78 Å². The normalized spacial score (nSPS) is 15.8. The van der Waals surface area contributed by atoms with E-state index in [1.165, 1.54) is 23.3 Å². The number of carbonyl (C=O) groups is 2. The molecule has 192 valence electrons. The SMILES string of the molecule is COCCOc1nc(N)c2c(n1)N(Cc1ccc(-c3cccc(CN4CCCC4)c3)cc1)C(=O)C(=O)C2. The highest BCUT2D eigenvalue weighted by Crippen LogP contribution is 2.31. The first-order valence-electron chi connectivity index (χ1n) is 12.6. The lowest BCUT2D eigenvalue weighted by Gasteiger charge is -2.28. The first kappa shape index (κ1) is 24.9. The number of benzene rings is 2. The second kappa shape index (κ2) is 11.1. The van der Waals surface area contributed by atoms with Gasteiger partial charge < -0.3 is 15.2 Å². The molecule has 1 aromatic heterocycles. The summed E-state index contributed by atoms with van der Waals surface area (Å²) in [6.07, 6.45) is 2.43. The van der Waals surface area contributed by atoms with Gasteiger partial charge in [0.15, 0.2) is 0 Å². The molecule has 3 aromatic rings. The predicted molar refractivity (Wildman–Crippen MR) is 140 cm³/mol. The molecule has 9 heteroatoms. The van der Waals surface area contributed by atoms with Crippen molar-refractivity contribution in [2.75, 3.05) is 44.0 Å². The molecular weight excluding hydrogens is 470 g/mol. The summed E-state index contributed by atoms with van der Waals surface area (Å²) in [7, 11) is 1.56. The second-order valence-electron chi connectivity index (χ2n) is 9.41. The molecule has 2 aliphatic heterocycles. The van der Waals surface area contributed by atoms with E-state index in [0.717, 1.165) is 36.3 Å². The molecule has 0 atom stereocenters. The topological polar surface area (TPSA) is 111 Å². The number of fused-ring (bicyclic) bond motifs is 1. The molecule has 2 N–H and O–H groups in total. The number of amides is 1. The maximum Gasteiger partial charge on any atom is 0.320 e. The minimum atomic E-state index is -0.618. The third-order valence-corrected chi connectivity index (χ3v) is 6.75. The van der Waals surface area contributed by atoms with E-state index in [-0.39, 0.29) is 31.4 Å². The number of ketones is 1. The van der Waals surface area contributed by atoms with E-state index >= 15 is 0 Å². The fourth-order valence-corrected chi connectivity index (χ4v) is 4.80. The molecule has 9 nitrogen and oxygen atoms in total. The Hall–Kier alpha value is -3.82. The fraction of sp³-hybridized carbons (Fsp3) is 0.357. The zero-order valence-electron chi connectivity index (χ0n) is 21.0. The minimum absolute atomic E-state index is 0.0459. The van der Waals surface area contributed by atoms with Crippen LogP contribution in [0.2, 0.25) is 0 Å². The molecule has 0 radical (unpaired) electrons. The molecular formula is C28H31N5O4. The Morgan fingerprint density at radius 1 is 0.919 bits per heavy atom. The smallest absolute Gasteiger partial charge is 0.320 e. The van der Waals surface area contributed by atoms with Gasteiger partial charge in [-0.15, -0.1) is 0 Å². The number of likely N-dealkylation sites (tertiary alicyclic amines) is 1. The van der Waals surface area contributed by atoms with E-state index in [9.17, 15) is 9.59 Å². The molecule has 0 bridgehead atoms. The summed E-state index contributed by atoms with van der Waals surface area (Å²) < 4.78 is 10.5. The van der Waals surface area contributed by atoms with Crippen LogP contribution in [0.15, 0.2) is 48.5 Å². The van der Waals surface area contributed by atoms with E-state index in [1.807, 2.05) is 24.3 Å². The van der Waals surface area contributed by atoms with Gasteiger partial charge in [-0.2, -0.15) is 9.97 Å². The van der Waals surface area contributed by atoms with Crippen LogP contribution in [0, 0.1) is 0 Å². The summed E-state index contributed by atoms with van der Waals surface area (Å²) in [5.41, 5.74) is 11.0. The zero-order chi connectivity index (χ0) is 25.8. The van der Waals surface area contributed by atoms with Crippen LogP contribution in [0.25, 0.3) is 11.1 Å². The first-order chi connectivity index (χ1) is 18.0. The van der Waals surface area contributed by atoms with Crippen LogP contribution in [-0.4, -0.2) is 60.0 Å². The number of Topliss-reactive ketones (excluding diaryl/α,β-unsaturated/α-hetero) is 1. The monoisotopic (exact) mass is 501 g/mol. The van der Waals surface area contributed by atoms with Crippen molar-refractivity contribution in [1.82, 2.24) is 14.9 Å². The third kappa shape index (κ3) is 5.63. The van der Waals surface area contributed by atoms with Crippen molar-refractivity contribution in [2.45, 2.75) is 32.4 Å². The lowest BCUT2D eigenvalue weighted by molar-refractivity contribution is -0.136. The van der Waals surface area contributed by atoms with Crippen LogP contribution in [0.3, 0.4) is 0 Å². The number of nitrogens with zero attached hydrogens (tertiary/aromatic N) is 4. The minimum Gasteiger partial charge on any atom is -0.461 e. The number of ether oxygens (including phenoxy) is 2. The van der Waals surface area contributed by atoms with Gasteiger partial charge >= 0.3 is 6.01 Å². The number of nitrogen functional groups attached to an aromatic ring is 1. The van der Waals surface area contributed by atoms with Gasteiger partial charge in [-0.3, -0.25) is 19.4 Å². The molecule has 37 heavy (non-hydrogen) atoms. The molecule has 2 aromatic carbocycles. The van der Waals surface area contributed by atoms with Crippen molar-refractivity contribution in [3.05, 3.63) is 65.2 Å². The Morgan fingerprint density at radius 2 is 1.70 bits per heavy atom. The van der Waals surface area contributed by atoms with E-state index < -0.39 is 11.7 Å². The summed E-state index contributed by atoms with van der Waals surface area (Å²) in [4.78, 5) is 37.7. The summed E-state index contributed by atoms with van der Waals surface area (Å²) in [5, 5.41) is 0. The van der Waals surface area contributed by atoms with Crippen LogP contribution in [0.4, 0.5) is 11.6 Å². The standard InChI is InChI=1S/C28H31N5O4/c1-36-13-14-37-28-30-25(29)23-16-24(34)27(35)33(26(23)31-28)18-19-7-9-21(10-8-19)22-6-4-5-20(15-22)17-32-11-2-3-12-32/h4-10,15H,2-3,11-14,16-18H2,1H3,(H2,29,30,31). The maximum absolute atomic E-state index is 12.9. The number of nitrogens with two attached hydrogens (primary N) is 1. The highest BCUT2D eigenvalue weighted by atomic mass is 16.5. The number of aromatic nitrogens is 2. The zero-order valence-corrected chi connectivity index (χ0v) is 21.0. The molecule has 0 aliphatic carbocycles. The molecule has 5 rings (SSSR count). The number of hydrogen-bond acceptors (Lipinski definition) is 8. The fourth-order valence-electron chi connectivity index (χ4n) is 4.80. The largest absolute Gasteiger partial charge is 0.461 e. The number of hydrogen-bond donors (Lipinski definition) is 1. The van der Waals surface area contributed by atoms with Gasteiger partial charge in [-0.1, -0.05) is 42.5 Å². The number of rotatable bonds is 9.